The van der Waals surface area contributed by atoms with Gasteiger partial charge in [-0.1, -0.05) is 42.5 Å². The van der Waals surface area contributed by atoms with Crippen LogP contribution in [0.2, 0.25) is 0 Å². The van der Waals surface area contributed by atoms with Crippen LogP contribution < -0.4 is 4.74 Å². The van der Waals surface area contributed by atoms with Crippen molar-refractivity contribution < 1.29 is 19.4 Å². The van der Waals surface area contributed by atoms with E-state index in [2.05, 4.69) is 0 Å². The van der Waals surface area contributed by atoms with Gasteiger partial charge in [-0.2, -0.15) is 11.8 Å². The fourth-order valence-corrected chi connectivity index (χ4v) is 5.23. The van der Waals surface area contributed by atoms with Crippen molar-refractivity contribution >= 4 is 23.6 Å². The third-order valence-electron chi connectivity index (χ3n) is 5.39. The van der Waals surface area contributed by atoms with E-state index in [9.17, 15) is 14.7 Å². The molecule has 2 saturated heterocycles. The lowest BCUT2D eigenvalue weighted by Gasteiger charge is -2.22. The minimum absolute atomic E-state index is 0.00776. The first-order valence-corrected chi connectivity index (χ1v) is 10.6. The monoisotopic (exact) mass is 397 g/mol. The van der Waals surface area contributed by atoms with Crippen LogP contribution in [0, 0.1) is 5.41 Å². The fourth-order valence-electron chi connectivity index (χ4n) is 3.79. The number of rotatable bonds is 6. The van der Waals surface area contributed by atoms with Gasteiger partial charge in [0.1, 0.15) is 18.5 Å². The number of amides is 2. The molecule has 0 radical (unpaired) electrons. The molecule has 1 spiro atoms. The third kappa shape index (κ3) is 3.80. The van der Waals surface area contributed by atoms with E-state index in [1.807, 2.05) is 54.6 Å². The van der Waals surface area contributed by atoms with Gasteiger partial charge in [-0.15, -0.1) is 0 Å². The van der Waals surface area contributed by atoms with E-state index in [1.165, 1.54) is 4.90 Å². The summed E-state index contributed by atoms with van der Waals surface area (Å²) in [6.07, 6.45) is 0.109. The second kappa shape index (κ2) is 7.97. The number of carbonyl (C=O) groups excluding carboxylic acids is 2. The average molecular weight is 397 g/mol. The molecule has 2 aliphatic heterocycles. The number of carbonyl (C=O) groups is 2. The van der Waals surface area contributed by atoms with Crippen LogP contribution in [0.5, 0.6) is 5.75 Å². The predicted molar refractivity (Wildman–Crippen MR) is 109 cm³/mol. The summed E-state index contributed by atoms with van der Waals surface area (Å²) in [6, 6.07) is 17.7. The number of benzene rings is 2. The van der Waals surface area contributed by atoms with Gasteiger partial charge < -0.3 is 9.84 Å². The first kappa shape index (κ1) is 19.0. The highest BCUT2D eigenvalue weighted by Crippen LogP contribution is 2.44. The SMILES string of the molecule is O=C1CC2(CCSC2)C(=O)N1CC(O)COc1ccc(-c2ccccc2)cc1. The minimum atomic E-state index is -0.911. The van der Waals surface area contributed by atoms with E-state index < -0.39 is 11.5 Å². The van der Waals surface area contributed by atoms with Crippen LogP contribution in [-0.4, -0.2) is 52.6 Å². The first-order valence-electron chi connectivity index (χ1n) is 9.46. The molecule has 2 atom stereocenters. The number of likely N-dealkylation sites (tertiary alicyclic amines) is 1. The quantitative estimate of drug-likeness (QED) is 0.759. The zero-order valence-electron chi connectivity index (χ0n) is 15.5. The van der Waals surface area contributed by atoms with Gasteiger partial charge in [-0.05, 0) is 35.4 Å². The summed E-state index contributed by atoms with van der Waals surface area (Å²) in [4.78, 5) is 26.2. The molecular formula is C22H23NO4S. The Labute approximate surface area is 168 Å². The van der Waals surface area contributed by atoms with Crippen molar-refractivity contribution in [1.82, 2.24) is 4.90 Å². The Morgan fingerprint density at radius 3 is 2.46 bits per heavy atom. The second-order valence-electron chi connectivity index (χ2n) is 7.42. The van der Waals surface area contributed by atoms with Crippen molar-refractivity contribution in [3.8, 4) is 16.9 Å². The van der Waals surface area contributed by atoms with Crippen molar-refractivity contribution in [3.05, 3.63) is 54.6 Å². The van der Waals surface area contributed by atoms with Crippen LogP contribution >= 0.6 is 11.8 Å². The molecule has 2 aromatic rings. The molecule has 146 valence electrons. The Bertz CT molecular complexity index is 847. The molecule has 5 nitrogen and oxygen atoms in total. The molecule has 1 N–H and O–H groups in total. The number of ether oxygens (including phenoxy) is 1. The van der Waals surface area contributed by atoms with Gasteiger partial charge in [0, 0.05) is 12.2 Å². The summed E-state index contributed by atoms with van der Waals surface area (Å²) >= 11 is 1.72. The molecule has 0 bridgehead atoms. The normalized spacial score (nSPS) is 22.8. The molecule has 2 aromatic carbocycles. The van der Waals surface area contributed by atoms with Crippen LogP contribution in [0.15, 0.2) is 54.6 Å². The van der Waals surface area contributed by atoms with Crippen LogP contribution in [-0.2, 0) is 9.59 Å². The topological polar surface area (TPSA) is 66.8 Å². The number of thioether (sulfide) groups is 1. The number of aliphatic hydroxyl groups excluding tert-OH is 1. The summed E-state index contributed by atoms with van der Waals surface area (Å²) in [6.45, 7) is 0.0235. The largest absolute Gasteiger partial charge is 0.491 e. The van der Waals surface area contributed by atoms with Crippen molar-refractivity contribution in [2.24, 2.45) is 5.41 Å². The summed E-state index contributed by atoms with van der Waals surface area (Å²) < 4.78 is 5.65. The van der Waals surface area contributed by atoms with Gasteiger partial charge >= 0.3 is 0 Å². The maximum absolute atomic E-state index is 12.7. The Hall–Kier alpha value is -2.31. The van der Waals surface area contributed by atoms with Gasteiger partial charge in [0.05, 0.1) is 12.0 Å². The number of nitrogens with zero attached hydrogens (tertiary/aromatic N) is 1. The first-order chi connectivity index (χ1) is 13.6. The number of hydrogen-bond donors (Lipinski definition) is 1. The number of hydrogen-bond acceptors (Lipinski definition) is 5. The maximum Gasteiger partial charge on any atom is 0.236 e. The van der Waals surface area contributed by atoms with Crippen LogP contribution in [0.3, 0.4) is 0 Å². The molecule has 2 fully saturated rings. The third-order valence-corrected chi connectivity index (χ3v) is 6.64. The molecule has 6 heteroatoms. The molecule has 28 heavy (non-hydrogen) atoms. The van der Waals surface area contributed by atoms with Crippen LogP contribution in [0.4, 0.5) is 0 Å². The van der Waals surface area contributed by atoms with E-state index in [4.69, 9.17) is 4.74 Å². The Morgan fingerprint density at radius 1 is 1.07 bits per heavy atom. The smallest absolute Gasteiger partial charge is 0.236 e. The minimum Gasteiger partial charge on any atom is -0.491 e. The van der Waals surface area contributed by atoms with Crippen molar-refractivity contribution in [3.63, 3.8) is 0 Å². The Balaban J connectivity index is 1.32. The second-order valence-corrected chi connectivity index (χ2v) is 8.53. The van der Waals surface area contributed by atoms with Crippen LogP contribution in [0.25, 0.3) is 11.1 Å². The van der Waals surface area contributed by atoms with Gasteiger partial charge in [-0.25, -0.2) is 0 Å². The lowest BCUT2D eigenvalue weighted by molar-refractivity contribution is -0.142. The summed E-state index contributed by atoms with van der Waals surface area (Å²) in [5, 5.41) is 10.3. The van der Waals surface area contributed by atoms with E-state index in [0.717, 1.165) is 23.3 Å². The molecule has 2 amide bonds. The zero-order chi connectivity index (χ0) is 19.6. The highest BCUT2D eigenvalue weighted by Gasteiger charge is 2.53. The molecule has 4 rings (SSSR count). The highest BCUT2D eigenvalue weighted by molar-refractivity contribution is 7.99. The molecular weight excluding hydrogens is 374 g/mol. The summed E-state index contributed by atoms with van der Waals surface area (Å²) in [5.74, 6) is 1.94. The molecule has 0 aromatic heterocycles. The maximum atomic E-state index is 12.7. The van der Waals surface area contributed by atoms with Gasteiger partial charge in [-0.3, -0.25) is 14.5 Å². The number of imide groups is 1. The molecule has 2 heterocycles. The van der Waals surface area contributed by atoms with Gasteiger partial charge in [0.25, 0.3) is 0 Å². The van der Waals surface area contributed by atoms with Crippen molar-refractivity contribution in [1.29, 1.82) is 0 Å². The zero-order valence-corrected chi connectivity index (χ0v) is 16.4. The number of β-amino-alcohol motifs (C(OH)–C–C–N with tert-alkyl or cyclic N) is 1. The standard InChI is InChI=1S/C22H23NO4S/c24-18(13-23-20(25)12-22(21(23)26)10-11-28-15-22)14-27-19-8-6-17(7-9-19)16-4-2-1-3-5-16/h1-9,18,24H,10-15H2. The van der Waals surface area contributed by atoms with E-state index in [1.54, 1.807) is 11.8 Å². The Kier molecular flexibility index (Phi) is 5.42. The van der Waals surface area contributed by atoms with Crippen molar-refractivity contribution in [2.45, 2.75) is 18.9 Å². The van der Waals surface area contributed by atoms with Gasteiger partial charge in [0.15, 0.2) is 0 Å². The lowest BCUT2D eigenvalue weighted by atomic mass is 9.86. The lowest BCUT2D eigenvalue weighted by Crippen LogP contribution is -2.41. The summed E-state index contributed by atoms with van der Waals surface area (Å²) in [7, 11) is 0. The average Bonchev–Trinajstić information content (AvgIpc) is 3.28. The molecule has 0 aliphatic carbocycles. The molecule has 2 aliphatic rings. The van der Waals surface area contributed by atoms with E-state index >= 15 is 0 Å². The molecule has 2 unspecified atom stereocenters. The Morgan fingerprint density at radius 2 is 1.79 bits per heavy atom. The summed E-state index contributed by atoms with van der Waals surface area (Å²) in [5.41, 5.74) is 1.68. The van der Waals surface area contributed by atoms with E-state index in [-0.39, 0.29) is 31.4 Å². The highest BCUT2D eigenvalue weighted by atomic mass is 32.2. The van der Waals surface area contributed by atoms with Crippen LogP contribution in [0.1, 0.15) is 12.8 Å². The van der Waals surface area contributed by atoms with E-state index in [0.29, 0.717) is 11.5 Å². The van der Waals surface area contributed by atoms with Gasteiger partial charge in [0.2, 0.25) is 11.8 Å². The fraction of sp³-hybridized carbons (Fsp3) is 0.364. The number of aliphatic hydroxyl groups is 1. The molecule has 0 saturated carbocycles. The van der Waals surface area contributed by atoms with Crippen molar-refractivity contribution in [2.75, 3.05) is 24.7 Å². The predicted octanol–water partition coefficient (Wildman–Crippen LogP) is 2.98.